The molecular weight excluding hydrogens is 286 g/mol. The average Bonchev–Trinajstić information content (AvgIpc) is 2.39. The zero-order valence-corrected chi connectivity index (χ0v) is 13.1. The fourth-order valence-corrected chi connectivity index (χ4v) is 2.26. The highest BCUT2D eigenvalue weighted by atomic mass is 35.5. The summed E-state index contributed by atoms with van der Waals surface area (Å²) in [7, 11) is -0.800. The molecule has 1 unspecified atom stereocenters. The fourth-order valence-electron chi connectivity index (χ4n) is 1.49. The van der Waals surface area contributed by atoms with Crippen molar-refractivity contribution in [2.75, 3.05) is 41.4 Å². The van der Waals surface area contributed by atoms with Gasteiger partial charge in [0.25, 0.3) is 0 Å². The molecule has 1 N–H and O–H groups in total. The number of hydrogen-bond donors (Lipinski definition) is 1. The molecule has 6 nitrogen and oxygen atoms in total. The Kier molecular flexibility index (Phi) is 7.01. The third-order valence-electron chi connectivity index (χ3n) is 2.58. The molecule has 1 rings (SSSR count). The van der Waals surface area contributed by atoms with Crippen LogP contribution in [0.25, 0.3) is 0 Å². The molecule has 0 saturated heterocycles. The van der Waals surface area contributed by atoms with Crippen LogP contribution < -0.4 is 10.2 Å². The molecular formula is C11H20ClN5OS. The lowest BCUT2D eigenvalue weighted by molar-refractivity contribution is 0.684. The van der Waals surface area contributed by atoms with E-state index in [0.717, 1.165) is 13.1 Å². The van der Waals surface area contributed by atoms with Crippen molar-refractivity contribution in [2.45, 2.75) is 20.8 Å². The van der Waals surface area contributed by atoms with E-state index in [1.807, 2.05) is 25.7 Å². The summed E-state index contributed by atoms with van der Waals surface area (Å²) in [5.41, 5.74) is 0. The third kappa shape index (κ3) is 5.28. The quantitative estimate of drug-likeness (QED) is 0.786. The number of halogens is 1. The molecule has 0 radical (unpaired) electrons. The van der Waals surface area contributed by atoms with Crippen LogP contribution in [-0.2, 0) is 10.8 Å². The summed E-state index contributed by atoms with van der Waals surface area (Å²) in [4.78, 5) is 14.4. The van der Waals surface area contributed by atoms with Crippen molar-refractivity contribution >= 4 is 34.3 Å². The van der Waals surface area contributed by atoms with Crippen LogP contribution in [0, 0.1) is 0 Å². The zero-order chi connectivity index (χ0) is 14.3. The van der Waals surface area contributed by atoms with E-state index in [1.165, 1.54) is 0 Å². The minimum absolute atomic E-state index is 0.163. The van der Waals surface area contributed by atoms with E-state index in [-0.39, 0.29) is 5.28 Å². The van der Waals surface area contributed by atoms with Gasteiger partial charge in [0.15, 0.2) is 0 Å². The maximum atomic E-state index is 11.3. The van der Waals surface area contributed by atoms with E-state index >= 15 is 0 Å². The Balaban J connectivity index is 2.71. The van der Waals surface area contributed by atoms with E-state index < -0.39 is 10.8 Å². The molecule has 0 aliphatic rings. The van der Waals surface area contributed by atoms with Gasteiger partial charge in [0.1, 0.15) is 0 Å². The SMILES string of the molecule is CCN(CC)c1nc(Cl)nc(NCCS(=O)CC)n1. The van der Waals surface area contributed by atoms with Gasteiger partial charge in [-0.25, -0.2) is 0 Å². The van der Waals surface area contributed by atoms with Gasteiger partial charge in [-0.3, -0.25) is 4.21 Å². The molecule has 0 aliphatic carbocycles. The van der Waals surface area contributed by atoms with Gasteiger partial charge < -0.3 is 10.2 Å². The van der Waals surface area contributed by atoms with Crippen molar-refractivity contribution in [3.05, 3.63) is 5.28 Å². The Labute approximate surface area is 121 Å². The van der Waals surface area contributed by atoms with Gasteiger partial charge in [-0.1, -0.05) is 6.92 Å². The molecule has 1 atom stereocenters. The van der Waals surface area contributed by atoms with Crippen molar-refractivity contribution in [1.82, 2.24) is 15.0 Å². The molecule has 1 heterocycles. The summed E-state index contributed by atoms with van der Waals surface area (Å²) in [6.45, 7) is 8.11. The molecule has 0 bridgehead atoms. The lowest BCUT2D eigenvalue weighted by atomic mass is 10.5. The third-order valence-corrected chi connectivity index (χ3v) is 4.05. The van der Waals surface area contributed by atoms with Gasteiger partial charge in [-0.2, -0.15) is 15.0 Å². The zero-order valence-electron chi connectivity index (χ0n) is 11.5. The van der Waals surface area contributed by atoms with E-state index in [9.17, 15) is 4.21 Å². The molecule has 19 heavy (non-hydrogen) atoms. The molecule has 0 saturated carbocycles. The molecule has 108 valence electrons. The maximum Gasteiger partial charge on any atom is 0.231 e. The summed E-state index contributed by atoms with van der Waals surface area (Å²) in [5, 5.41) is 3.19. The summed E-state index contributed by atoms with van der Waals surface area (Å²) in [5.74, 6) is 2.21. The lowest BCUT2D eigenvalue weighted by Crippen LogP contribution is -2.25. The Bertz CT molecular complexity index is 428. The van der Waals surface area contributed by atoms with Crippen molar-refractivity contribution in [3.8, 4) is 0 Å². The number of anilines is 2. The van der Waals surface area contributed by atoms with Crippen LogP contribution in [0.4, 0.5) is 11.9 Å². The highest BCUT2D eigenvalue weighted by Gasteiger charge is 2.09. The lowest BCUT2D eigenvalue weighted by Gasteiger charge is -2.18. The average molecular weight is 306 g/mol. The van der Waals surface area contributed by atoms with E-state index in [4.69, 9.17) is 11.6 Å². The Hall–Kier alpha value is -0.950. The number of hydrogen-bond acceptors (Lipinski definition) is 6. The van der Waals surface area contributed by atoms with Gasteiger partial charge in [0.2, 0.25) is 17.2 Å². The molecule has 0 aliphatic heterocycles. The normalized spacial score (nSPS) is 12.2. The first-order valence-corrected chi connectivity index (χ1v) is 8.22. The highest BCUT2D eigenvalue weighted by Crippen LogP contribution is 2.13. The van der Waals surface area contributed by atoms with Crippen molar-refractivity contribution in [3.63, 3.8) is 0 Å². The van der Waals surface area contributed by atoms with Crippen LogP contribution in [0.2, 0.25) is 5.28 Å². The van der Waals surface area contributed by atoms with Gasteiger partial charge in [-0.15, -0.1) is 0 Å². The van der Waals surface area contributed by atoms with E-state index in [1.54, 1.807) is 0 Å². The second-order valence-corrected chi connectivity index (χ2v) is 5.96. The molecule has 0 fully saturated rings. The molecule has 1 aromatic rings. The summed E-state index contributed by atoms with van der Waals surface area (Å²) in [6, 6.07) is 0. The van der Waals surface area contributed by atoms with Crippen molar-refractivity contribution in [1.29, 1.82) is 0 Å². The second kappa shape index (κ2) is 8.27. The molecule has 1 aromatic heterocycles. The standard InChI is InChI=1S/C11H20ClN5OS/c1-4-17(5-2)11-15-9(12)14-10(16-11)13-7-8-19(18)6-3/h4-8H2,1-3H3,(H,13,14,15,16). The first kappa shape index (κ1) is 16.1. The molecule has 0 amide bonds. The van der Waals surface area contributed by atoms with Crippen LogP contribution in [0.1, 0.15) is 20.8 Å². The number of aromatic nitrogens is 3. The largest absolute Gasteiger partial charge is 0.353 e. The van der Waals surface area contributed by atoms with E-state index in [0.29, 0.717) is 29.9 Å². The summed E-state index contributed by atoms with van der Waals surface area (Å²) >= 11 is 5.89. The van der Waals surface area contributed by atoms with Crippen LogP contribution >= 0.6 is 11.6 Å². The Morgan fingerprint density at radius 3 is 2.47 bits per heavy atom. The summed E-state index contributed by atoms with van der Waals surface area (Å²) < 4.78 is 11.3. The predicted octanol–water partition coefficient (Wildman–Crippen LogP) is 1.55. The number of nitrogens with one attached hydrogen (secondary N) is 1. The topological polar surface area (TPSA) is 71.0 Å². The van der Waals surface area contributed by atoms with Crippen LogP contribution in [0.3, 0.4) is 0 Å². The monoisotopic (exact) mass is 305 g/mol. The first-order chi connectivity index (χ1) is 9.10. The van der Waals surface area contributed by atoms with Gasteiger partial charge in [-0.05, 0) is 25.4 Å². The smallest absolute Gasteiger partial charge is 0.231 e. The van der Waals surface area contributed by atoms with Crippen molar-refractivity contribution < 1.29 is 4.21 Å². The van der Waals surface area contributed by atoms with Gasteiger partial charge >= 0.3 is 0 Å². The number of nitrogens with zero attached hydrogens (tertiary/aromatic N) is 4. The Morgan fingerprint density at radius 1 is 1.21 bits per heavy atom. The van der Waals surface area contributed by atoms with E-state index in [2.05, 4.69) is 20.3 Å². The van der Waals surface area contributed by atoms with Gasteiger partial charge in [0, 0.05) is 41.9 Å². The molecule has 0 aromatic carbocycles. The van der Waals surface area contributed by atoms with Crippen LogP contribution in [-0.4, -0.2) is 50.3 Å². The predicted molar refractivity (Wildman–Crippen MR) is 80.4 cm³/mol. The Morgan fingerprint density at radius 2 is 1.89 bits per heavy atom. The van der Waals surface area contributed by atoms with Gasteiger partial charge in [0.05, 0.1) is 0 Å². The first-order valence-electron chi connectivity index (χ1n) is 6.36. The summed E-state index contributed by atoms with van der Waals surface area (Å²) in [6.07, 6.45) is 0. The second-order valence-electron chi connectivity index (χ2n) is 3.76. The number of rotatable bonds is 8. The maximum absolute atomic E-state index is 11.3. The van der Waals surface area contributed by atoms with Crippen LogP contribution in [0.5, 0.6) is 0 Å². The molecule has 8 heteroatoms. The fraction of sp³-hybridized carbons (Fsp3) is 0.727. The van der Waals surface area contributed by atoms with Crippen molar-refractivity contribution in [2.24, 2.45) is 0 Å². The molecule has 0 spiro atoms. The highest BCUT2D eigenvalue weighted by molar-refractivity contribution is 7.84. The van der Waals surface area contributed by atoms with Crippen LogP contribution in [0.15, 0.2) is 0 Å². The minimum atomic E-state index is -0.800. The minimum Gasteiger partial charge on any atom is -0.353 e.